The molecule has 7 heteroatoms. The van der Waals surface area contributed by atoms with Gasteiger partial charge in [-0.1, -0.05) is 23.2 Å². The van der Waals surface area contributed by atoms with Crippen molar-refractivity contribution in [1.29, 1.82) is 0 Å². The lowest BCUT2D eigenvalue weighted by Gasteiger charge is -2.07. The molecule has 5 nitrogen and oxygen atoms in total. The maximum atomic E-state index is 12.0. The second kappa shape index (κ2) is 7.85. The summed E-state index contributed by atoms with van der Waals surface area (Å²) in [7, 11) is 3.11. The Hall–Kier alpha value is -2.24. The van der Waals surface area contributed by atoms with Gasteiger partial charge in [0.15, 0.2) is 0 Å². The van der Waals surface area contributed by atoms with Gasteiger partial charge in [-0.15, -0.1) is 0 Å². The molecule has 1 N–H and O–H groups in total. The van der Waals surface area contributed by atoms with Gasteiger partial charge in [0, 0.05) is 11.1 Å². The molecule has 0 aromatic heterocycles. The monoisotopic (exact) mass is 352 g/mol. The molecular weight excluding hydrogens is 339 g/mol. The number of carbonyl (C=O) groups excluding carboxylic acids is 1. The highest BCUT2D eigenvalue weighted by atomic mass is 35.5. The molecule has 120 valence electrons. The van der Waals surface area contributed by atoms with Crippen molar-refractivity contribution in [2.75, 3.05) is 14.2 Å². The van der Waals surface area contributed by atoms with Crippen LogP contribution >= 0.6 is 23.2 Å². The normalized spacial score (nSPS) is 10.6. The lowest BCUT2D eigenvalue weighted by atomic mass is 10.2. The predicted octanol–water partition coefficient (Wildman–Crippen LogP) is 3.77. The number of ether oxygens (including phenoxy) is 2. The van der Waals surface area contributed by atoms with E-state index >= 15 is 0 Å². The Morgan fingerprint density at radius 2 is 1.87 bits per heavy atom. The van der Waals surface area contributed by atoms with Gasteiger partial charge in [-0.05, 0) is 36.4 Å². The molecule has 0 aliphatic heterocycles. The molecule has 0 spiro atoms. The van der Waals surface area contributed by atoms with Crippen molar-refractivity contribution in [3.05, 3.63) is 57.6 Å². The highest BCUT2D eigenvalue weighted by Gasteiger charge is 2.07. The zero-order valence-electron chi connectivity index (χ0n) is 12.5. The highest BCUT2D eigenvalue weighted by Crippen LogP contribution is 2.23. The Kier molecular flexibility index (Phi) is 5.84. The summed E-state index contributed by atoms with van der Waals surface area (Å²) >= 11 is 11.7. The number of hydrogen-bond acceptors (Lipinski definition) is 4. The second-order valence-electron chi connectivity index (χ2n) is 4.44. The van der Waals surface area contributed by atoms with Crippen LogP contribution < -0.4 is 14.9 Å². The van der Waals surface area contributed by atoms with E-state index < -0.39 is 5.91 Å². The van der Waals surface area contributed by atoms with Crippen LogP contribution in [0.2, 0.25) is 10.0 Å². The smallest absolute Gasteiger partial charge is 0.271 e. The number of hydrazone groups is 1. The van der Waals surface area contributed by atoms with E-state index in [1.165, 1.54) is 12.3 Å². The SMILES string of the molecule is COc1ccc(OC)c(/C=N\NC(=O)c2ccc(Cl)c(Cl)c2)c1. The molecule has 0 aliphatic rings. The fraction of sp³-hybridized carbons (Fsp3) is 0.125. The van der Waals surface area contributed by atoms with Gasteiger partial charge in [0.1, 0.15) is 11.5 Å². The summed E-state index contributed by atoms with van der Waals surface area (Å²) in [5.41, 5.74) is 3.44. The Bertz CT molecular complexity index is 748. The van der Waals surface area contributed by atoms with Gasteiger partial charge in [-0.3, -0.25) is 4.79 Å². The number of nitrogens with one attached hydrogen (secondary N) is 1. The number of hydrogen-bond donors (Lipinski definition) is 1. The largest absolute Gasteiger partial charge is 0.497 e. The van der Waals surface area contributed by atoms with Crippen LogP contribution in [0, 0.1) is 0 Å². The molecule has 1 amide bonds. The minimum atomic E-state index is -0.401. The quantitative estimate of drug-likeness (QED) is 0.658. The maximum absolute atomic E-state index is 12.0. The van der Waals surface area contributed by atoms with Crippen LogP contribution in [-0.2, 0) is 0 Å². The lowest BCUT2D eigenvalue weighted by molar-refractivity contribution is 0.0955. The number of methoxy groups -OCH3 is 2. The topological polar surface area (TPSA) is 59.9 Å². The first-order valence-electron chi connectivity index (χ1n) is 6.55. The van der Waals surface area contributed by atoms with Gasteiger partial charge in [0.2, 0.25) is 0 Å². The van der Waals surface area contributed by atoms with Crippen LogP contribution in [0.1, 0.15) is 15.9 Å². The van der Waals surface area contributed by atoms with Gasteiger partial charge in [-0.25, -0.2) is 5.43 Å². The summed E-state index contributed by atoms with van der Waals surface area (Å²) < 4.78 is 10.4. The van der Waals surface area contributed by atoms with E-state index in [1.54, 1.807) is 44.6 Å². The van der Waals surface area contributed by atoms with Crippen LogP contribution in [0.4, 0.5) is 0 Å². The molecule has 2 aromatic rings. The molecule has 2 rings (SSSR count). The summed E-state index contributed by atoms with van der Waals surface area (Å²) in [5.74, 6) is 0.864. The van der Waals surface area contributed by atoms with Crippen LogP contribution in [0.5, 0.6) is 11.5 Å². The van der Waals surface area contributed by atoms with E-state index in [2.05, 4.69) is 10.5 Å². The first kappa shape index (κ1) is 17.1. The van der Waals surface area contributed by atoms with Crippen LogP contribution in [0.25, 0.3) is 0 Å². The van der Waals surface area contributed by atoms with Crippen molar-refractivity contribution in [1.82, 2.24) is 5.43 Å². The minimum Gasteiger partial charge on any atom is -0.497 e. The zero-order chi connectivity index (χ0) is 16.8. The zero-order valence-corrected chi connectivity index (χ0v) is 14.0. The van der Waals surface area contributed by atoms with Crippen molar-refractivity contribution >= 4 is 35.3 Å². The van der Waals surface area contributed by atoms with Crippen LogP contribution in [0.3, 0.4) is 0 Å². The number of carbonyl (C=O) groups is 1. The van der Waals surface area contributed by atoms with Crippen molar-refractivity contribution in [3.63, 3.8) is 0 Å². The average Bonchev–Trinajstić information content (AvgIpc) is 2.57. The van der Waals surface area contributed by atoms with E-state index in [0.717, 1.165) is 0 Å². The van der Waals surface area contributed by atoms with E-state index in [4.69, 9.17) is 32.7 Å². The molecule has 0 radical (unpaired) electrons. The molecule has 0 saturated heterocycles. The highest BCUT2D eigenvalue weighted by molar-refractivity contribution is 6.42. The lowest BCUT2D eigenvalue weighted by Crippen LogP contribution is -2.17. The van der Waals surface area contributed by atoms with Gasteiger partial charge in [0.05, 0.1) is 30.5 Å². The van der Waals surface area contributed by atoms with Crippen LogP contribution in [0.15, 0.2) is 41.5 Å². The third-order valence-corrected chi connectivity index (χ3v) is 3.73. The molecule has 0 aliphatic carbocycles. The number of halogens is 2. The maximum Gasteiger partial charge on any atom is 0.271 e. The van der Waals surface area contributed by atoms with Crippen molar-refractivity contribution < 1.29 is 14.3 Å². The summed E-state index contributed by atoms with van der Waals surface area (Å²) in [4.78, 5) is 12.0. The molecule has 0 bridgehead atoms. The number of nitrogens with zero attached hydrogens (tertiary/aromatic N) is 1. The summed E-state index contributed by atoms with van der Waals surface area (Å²) in [5, 5.41) is 4.60. The molecule has 0 atom stereocenters. The van der Waals surface area contributed by atoms with Crippen LogP contribution in [-0.4, -0.2) is 26.3 Å². The first-order chi connectivity index (χ1) is 11.0. The Balaban J connectivity index is 2.11. The van der Waals surface area contributed by atoms with Gasteiger partial charge < -0.3 is 9.47 Å². The predicted molar refractivity (Wildman–Crippen MR) is 91.1 cm³/mol. The molecule has 2 aromatic carbocycles. The molecular formula is C16H14Cl2N2O3. The van der Waals surface area contributed by atoms with E-state index in [0.29, 0.717) is 32.7 Å². The Morgan fingerprint density at radius 1 is 1.09 bits per heavy atom. The van der Waals surface area contributed by atoms with Crippen molar-refractivity contribution in [2.45, 2.75) is 0 Å². The first-order valence-corrected chi connectivity index (χ1v) is 7.31. The average molecular weight is 353 g/mol. The molecule has 0 saturated carbocycles. The van der Waals surface area contributed by atoms with Crippen molar-refractivity contribution in [3.8, 4) is 11.5 Å². The third kappa shape index (κ3) is 4.37. The fourth-order valence-corrected chi connectivity index (χ4v) is 2.10. The van der Waals surface area contributed by atoms with Gasteiger partial charge in [0.25, 0.3) is 5.91 Å². The number of amides is 1. The second-order valence-corrected chi connectivity index (χ2v) is 5.25. The van der Waals surface area contributed by atoms with E-state index in [-0.39, 0.29) is 0 Å². The Labute approximate surface area is 143 Å². The summed E-state index contributed by atoms with van der Waals surface area (Å²) in [6.07, 6.45) is 1.47. The van der Waals surface area contributed by atoms with Gasteiger partial charge in [-0.2, -0.15) is 5.10 Å². The Morgan fingerprint density at radius 3 is 2.52 bits per heavy atom. The molecule has 23 heavy (non-hydrogen) atoms. The number of rotatable bonds is 5. The molecule has 0 fully saturated rings. The number of benzene rings is 2. The summed E-state index contributed by atoms with van der Waals surface area (Å²) in [6, 6.07) is 9.85. The summed E-state index contributed by atoms with van der Waals surface area (Å²) in [6.45, 7) is 0. The van der Waals surface area contributed by atoms with E-state index in [9.17, 15) is 4.79 Å². The molecule has 0 heterocycles. The molecule has 0 unspecified atom stereocenters. The standard InChI is InChI=1S/C16H14Cl2N2O3/c1-22-12-4-6-15(23-2)11(7-12)9-19-20-16(21)10-3-5-13(17)14(18)8-10/h3-9H,1-2H3,(H,20,21)/b19-9-. The van der Waals surface area contributed by atoms with E-state index in [1.807, 2.05) is 0 Å². The third-order valence-electron chi connectivity index (χ3n) is 2.99. The minimum absolute atomic E-state index is 0.303. The van der Waals surface area contributed by atoms with Gasteiger partial charge >= 0.3 is 0 Å². The van der Waals surface area contributed by atoms with Crippen molar-refractivity contribution in [2.24, 2.45) is 5.10 Å². The fourth-order valence-electron chi connectivity index (χ4n) is 1.80.